The van der Waals surface area contributed by atoms with E-state index in [1.54, 1.807) is 0 Å². The van der Waals surface area contributed by atoms with Gasteiger partial charge in [0.2, 0.25) is 0 Å². The first-order valence-corrected chi connectivity index (χ1v) is 8.11. The molecule has 2 heterocycles. The number of fused-ring (bicyclic) bond motifs is 1. The standard InChI is InChI=1S/C15H27N5/c1-2-7-16-11-15(5-3-4-6-15)12-19-8-9-20-13-17-18-14(20)10-19/h13,16H,2-12H2,1H3. The lowest BCUT2D eigenvalue weighted by atomic mass is 9.85. The normalized spacial score (nSPS) is 22.1. The molecule has 5 heteroatoms. The maximum absolute atomic E-state index is 4.24. The highest BCUT2D eigenvalue weighted by molar-refractivity contribution is 4.94. The highest BCUT2D eigenvalue weighted by Gasteiger charge is 2.36. The van der Waals surface area contributed by atoms with E-state index >= 15 is 0 Å². The van der Waals surface area contributed by atoms with E-state index in [9.17, 15) is 0 Å². The van der Waals surface area contributed by atoms with E-state index in [4.69, 9.17) is 0 Å². The quantitative estimate of drug-likeness (QED) is 0.803. The summed E-state index contributed by atoms with van der Waals surface area (Å²) in [4.78, 5) is 2.59. The van der Waals surface area contributed by atoms with Gasteiger partial charge in [0.1, 0.15) is 12.2 Å². The Morgan fingerprint density at radius 3 is 2.95 bits per heavy atom. The lowest BCUT2D eigenvalue weighted by Gasteiger charge is -2.37. The van der Waals surface area contributed by atoms with E-state index in [-0.39, 0.29) is 0 Å². The van der Waals surface area contributed by atoms with Crippen molar-refractivity contribution in [3.05, 3.63) is 12.2 Å². The molecule has 112 valence electrons. The lowest BCUT2D eigenvalue weighted by molar-refractivity contribution is 0.122. The molecular formula is C15H27N5. The molecule has 0 unspecified atom stereocenters. The molecule has 2 aliphatic rings. The average molecular weight is 277 g/mol. The minimum atomic E-state index is 0.497. The van der Waals surface area contributed by atoms with Gasteiger partial charge in [0.25, 0.3) is 0 Å². The molecule has 5 nitrogen and oxygen atoms in total. The fourth-order valence-electron chi connectivity index (χ4n) is 3.77. The molecule has 0 saturated heterocycles. The first kappa shape index (κ1) is 14.0. The average Bonchev–Trinajstić information content (AvgIpc) is 3.08. The molecule has 1 N–H and O–H groups in total. The van der Waals surface area contributed by atoms with Crippen molar-refractivity contribution in [2.45, 2.75) is 52.1 Å². The molecule has 0 radical (unpaired) electrons. The zero-order chi connectivity index (χ0) is 13.8. The van der Waals surface area contributed by atoms with E-state index in [2.05, 4.69) is 31.9 Å². The number of nitrogens with zero attached hydrogens (tertiary/aromatic N) is 4. The van der Waals surface area contributed by atoms with Gasteiger partial charge in [-0.2, -0.15) is 0 Å². The number of rotatable bonds is 6. The van der Waals surface area contributed by atoms with Crippen molar-refractivity contribution in [2.75, 3.05) is 26.2 Å². The van der Waals surface area contributed by atoms with Crippen molar-refractivity contribution in [2.24, 2.45) is 5.41 Å². The molecule has 3 rings (SSSR count). The molecular weight excluding hydrogens is 250 g/mol. The van der Waals surface area contributed by atoms with Crippen LogP contribution in [0.1, 0.15) is 44.9 Å². The summed E-state index contributed by atoms with van der Waals surface area (Å²) < 4.78 is 2.19. The molecule has 0 bridgehead atoms. The first-order chi connectivity index (χ1) is 9.81. The van der Waals surface area contributed by atoms with Crippen molar-refractivity contribution in [3.63, 3.8) is 0 Å². The van der Waals surface area contributed by atoms with Gasteiger partial charge < -0.3 is 9.88 Å². The van der Waals surface area contributed by atoms with E-state index in [1.165, 1.54) is 45.2 Å². The molecule has 0 amide bonds. The van der Waals surface area contributed by atoms with Gasteiger partial charge in [0, 0.05) is 26.2 Å². The van der Waals surface area contributed by atoms with Gasteiger partial charge in [-0.1, -0.05) is 19.8 Å². The number of nitrogens with one attached hydrogen (secondary N) is 1. The largest absolute Gasteiger partial charge is 0.316 e. The third kappa shape index (κ3) is 3.04. The zero-order valence-electron chi connectivity index (χ0n) is 12.6. The van der Waals surface area contributed by atoms with Gasteiger partial charge in [-0.15, -0.1) is 10.2 Å². The Kier molecular flexibility index (Phi) is 4.36. The summed E-state index contributed by atoms with van der Waals surface area (Å²) >= 11 is 0. The molecule has 0 spiro atoms. The summed E-state index contributed by atoms with van der Waals surface area (Å²) in [5.41, 5.74) is 0.497. The fraction of sp³-hybridized carbons (Fsp3) is 0.867. The monoisotopic (exact) mass is 277 g/mol. The molecule has 1 fully saturated rings. The minimum Gasteiger partial charge on any atom is -0.316 e. The van der Waals surface area contributed by atoms with Crippen molar-refractivity contribution < 1.29 is 0 Å². The second-order valence-electron chi connectivity index (χ2n) is 6.54. The second-order valence-corrected chi connectivity index (χ2v) is 6.54. The Balaban J connectivity index is 1.59. The number of hydrogen-bond acceptors (Lipinski definition) is 4. The van der Waals surface area contributed by atoms with Crippen LogP contribution in [-0.4, -0.2) is 45.8 Å². The summed E-state index contributed by atoms with van der Waals surface area (Å²) in [6.07, 6.45) is 8.65. The van der Waals surface area contributed by atoms with Crippen molar-refractivity contribution in [1.29, 1.82) is 0 Å². The zero-order valence-corrected chi connectivity index (χ0v) is 12.6. The summed E-state index contributed by atoms with van der Waals surface area (Å²) in [5, 5.41) is 11.9. The van der Waals surface area contributed by atoms with Gasteiger partial charge in [0.15, 0.2) is 0 Å². The van der Waals surface area contributed by atoms with E-state index in [0.717, 1.165) is 32.0 Å². The molecule has 1 aromatic heterocycles. The number of aromatic nitrogens is 3. The summed E-state index contributed by atoms with van der Waals surface area (Å²) in [5.74, 6) is 1.13. The van der Waals surface area contributed by atoms with Gasteiger partial charge in [0.05, 0.1) is 6.54 Å². The fourth-order valence-corrected chi connectivity index (χ4v) is 3.77. The Morgan fingerprint density at radius 2 is 2.15 bits per heavy atom. The molecule has 0 aromatic carbocycles. The van der Waals surface area contributed by atoms with Crippen LogP contribution in [0.25, 0.3) is 0 Å². The highest BCUT2D eigenvalue weighted by Crippen LogP contribution is 2.38. The molecule has 0 atom stereocenters. The Labute approximate surface area is 121 Å². The van der Waals surface area contributed by atoms with Gasteiger partial charge in [-0.3, -0.25) is 4.90 Å². The Hall–Kier alpha value is -0.940. The van der Waals surface area contributed by atoms with Crippen LogP contribution in [0.5, 0.6) is 0 Å². The third-order valence-electron chi connectivity index (χ3n) is 4.87. The topological polar surface area (TPSA) is 46.0 Å². The Morgan fingerprint density at radius 1 is 1.30 bits per heavy atom. The summed E-state index contributed by atoms with van der Waals surface area (Å²) in [6, 6.07) is 0. The third-order valence-corrected chi connectivity index (χ3v) is 4.87. The van der Waals surface area contributed by atoms with Crippen molar-refractivity contribution in [1.82, 2.24) is 25.0 Å². The highest BCUT2D eigenvalue weighted by atomic mass is 15.3. The van der Waals surface area contributed by atoms with Crippen LogP contribution in [0.3, 0.4) is 0 Å². The van der Waals surface area contributed by atoms with Crippen LogP contribution in [-0.2, 0) is 13.1 Å². The molecule has 1 saturated carbocycles. The first-order valence-electron chi connectivity index (χ1n) is 8.11. The SMILES string of the molecule is CCCNCC1(CN2CCn3cnnc3C2)CCCC1. The van der Waals surface area contributed by atoms with Crippen LogP contribution >= 0.6 is 0 Å². The van der Waals surface area contributed by atoms with Crippen molar-refractivity contribution >= 4 is 0 Å². The van der Waals surface area contributed by atoms with Crippen LogP contribution in [0.2, 0.25) is 0 Å². The van der Waals surface area contributed by atoms with Crippen LogP contribution in [0, 0.1) is 5.41 Å². The van der Waals surface area contributed by atoms with Crippen LogP contribution < -0.4 is 5.32 Å². The molecule has 20 heavy (non-hydrogen) atoms. The summed E-state index contributed by atoms with van der Waals surface area (Å²) in [6.45, 7) is 8.94. The molecule has 1 aromatic rings. The minimum absolute atomic E-state index is 0.497. The maximum atomic E-state index is 4.24. The lowest BCUT2D eigenvalue weighted by Crippen LogP contribution is -2.45. The maximum Gasteiger partial charge on any atom is 0.147 e. The summed E-state index contributed by atoms with van der Waals surface area (Å²) in [7, 11) is 0. The number of hydrogen-bond donors (Lipinski definition) is 1. The van der Waals surface area contributed by atoms with Crippen molar-refractivity contribution in [3.8, 4) is 0 Å². The van der Waals surface area contributed by atoms with Gasteiger partial charge in [-0.25, -0.2) is 0 Å². The van der Waals surface area contributed by atoms with Gasteiger partial charge in [-0.05, 0) is 31.2 Å². The predicted octanol–water partition coefficient (Wildman–Crippen LogP) is 1.65. The van der Waals surface area contributed by atoms with Crippen LogP contribution in [0.15, 0.2) is 6.33 Å². The van der Waals surface area contributed by atoms with Gasteiger partial charge >= 0.3 is 0 Å². The Bertz CT molecular complexity index is 422. The van der Waals surface area contributed by atoms with Crippen LogP contribution in [0.4, 0.5) is 0 Å². The second kappa shape index (κ2) is 6.22. The molecule has 1 aliphatic carbocycles. The molecule has 1 aliphatic heterocycles. The van der Waals surface area contributed by atoms with E-state index < -0.39 is 0 Å². The van der Waals surface area contributed by atoms with E-state index in [1.807, 2.05) is 6.33 Å². The van der Waals surface area contributed by atoms with E-state index in [0.29, 0.717) is 5.41 Å². The smallest absolute Gasteiger partial charge is 0.147 e. The predicted molar refractivity (Wildman–Crippen MR) is 79.4 cm³/mol.